The van der Waals surface area contributed by atoms with E-state index in [1.165, 1.54) is 13.0 Å². The van der Waals surface area contributed by atoms with Gasteiger partial charge >= 0.3 is 11.9 Å². The molecule has 18 nitrogen and oxygen atoms in total. The Morgan fingerprint density at radius 2 is 1.23 bits per heavy atom. The smallest absolute Gasteiger partial charge is 0.311 e. The molecule has 2 fully saturated rings. The summed E-state index contributed by atoms with van der Waals surface area (Å²) in [4.78, 5) is 25.1. The largest absolute Gasteiger partial charge is 0.481 e. The van der Waals surface area contributed by atoms with Crippen LogP contribution in [0, 0.1) is 17.8 Å². The summed E-state index contributed by atoms with van der Waals surface area (Å²) >= 11 is 0. The van der Waals surface area contributed by atoms with Gasteiger partial charge in [-0.1, -0.05) is 98.9 Å². The van der Waals surface area contributed by atoms with Crippen molar-refractivity contribution >= 4 is 11.9 Å². The quantitative estimate of drug-likeness (QED) is 0.174. The number of nitrogens with two attached hydrogens (primary N) is 1. The first kappa shape index (κ1) is 55.9. The Morgan fingerprint density at radius 1 is 0.662 bits per heavy atom. The molecule has 0 aliphatic carbocycles. The van der Waals surface area contributed by atoms with Gasteiger partial charge in [0.05, 0.1) is 79.6 Å². The van der Waals surface area contributed by atoms with Gasteiger partial charge in [0.1, 0.15) is 18.1 Å². The van der Waals surface area contributed by atoms with E-state index in [1.807, 2.05) is 19.1 Å². The molecule has 1 unspecified atom stereocenters. The Hall–Kier alpha value is -3.44. The lowest BCUT2D eigenvalue weighted by Gasteiger charge is -2.45. The van der Waals surface area contributed by atoms with Crippen LogP contribution in [0.2, 0.25) is 0 Å². The number of rotatable bonds is 3. The molecular formula is C47H73NO17. The van der Waals surface area contributed by atoms with Crippen LogP contribution in [0.4, 0.5) is 0 Å². The van der Waals surface area contributed by atoms with Gasteiger partial charge in [-0.05, 0) is 33.1 Å². The van der Waals surface area contributed by atoms with Crippen LogP contribution in [-0.4, -0.2) is 166 Å². The van der Waals surface area contributed by atoms with Crippen molar-refractivity contribution in [2.45, 2.75) is 177 Å². The maximum Gasteiger partial charge on any atom is 0.311 e. The molecule has 3 heterocycles. The molecule has 3 rings (SSSR count). The molecule has 0 spiro atoms. The highest BCUT2D eigenvalue weighted by Gasteiger charge is 2.51. The van der Waals surface area contributed by atoms with E-state index in [0.717, 1.165) is 0 Å². The number of fused-ring (bicyclic) bond motifs is 2. The van der Waals surface area contributed by atoms with Crippen molar-refractivity contribution in [2.24, 2.45) is 23.5 Å². The molecule has 18 heteroatoms. The van der Waals surface area contributed by atoms with Crippen molar-refractivity contribution in [1.82, 2.24) is 0 Å². The molecule has 3 aliphatic rings. The number of carbonyl (C=O) groups is 2. The summed E-state index contributed by atoms with van der Waals surface area (Å²) < 4.78 is 23.1. The maximum atomic E-state index is 12.6. The molecule has 0 radical (unpaired) electrons. The van der Waals surface area contributed by atoms with Crippen LogP contribution >= 0.6 is 0 Å². The fourth-order valence-corrected chi connectivity index (χ4v) is 7.97. The highest BCUT2D eigenvalue weighted by molar-refractivity contribution is 5.71. The Kier molecular flexibility index (Phi) is 23.6. The number of hydrogen-bond donors (Lipinski definition) is 12. The third-order valence-corrected chi connectivity index (χ3v) is 12.0. The molecular weight excluding hydrogens is 851 g/mol. The van der Waals surface area contributed by atoms with Crippen molar-refractivity contribution in [3.05, 3.63) is 85.1 Å². The predicted molar refractivity (Wildman–Crippen MR) is 237 cm³/mol. The number of esters is 1. The predicted octanol–water partition coefficient (Wildman–Crippen LogP) is 0.712. The summed E-state index contributed by atoms with van der Waals surface area (Å²) in [5.74, 6) is -6.83. The van der Waals surface area contributed by atoms with Gasteiger partial charge in [0, 0.05) is 37.5 Å². The lowest BCUT2D eigenvalue weighted by atomic mass is 9.82. The normalized spacial score (nSPS) is 45.5. The first-order valence-corrected chi connectivity index (χ1v) is 22.3. The Labute approximate surface area is 381 Å². The lowest BCUT2D eigenvalue weighted by molar-refractivity contribution is -0.308. The second-order valence-corrected chi connectivity index (χ2v) is 17.6. The molecule has 3 aliphatic heterocycles. The second-order valence-electron chi connectivity index (χ2n) is 17.6. The third kappa shape index (κ3) is 18.6. The average Bonchev–Trinajstić information content (AvgIpc) is 3.21. The number of carboxylic acid groups (broad SMARTS) is 1. The van der Waals surface area contributed by atoms with Crippen LogP contribution in [-0.2, 0) is 28.5 Å². The monoisotopic (exact) mass is 923 g/mol. The van der Waals surface area contributed by atoms with Crippen molar-refractivity contribution < 1.29 is 84.7 Å². The fraction of sp³-hybridized carbons (Fsp3) is 0.660. The number of carboxylic acids is 1. The SMILES string of the molecule is C[C@@H]1[C@H](O)[C@@H](C)/C=C/C=C/C=C/C=C/C=C/C=C/C=C/[C@H](O[C@@H]2O[C@H](C)[C@@H](O)[C@H](N)[C@H]2O)C[C@@H]2OC(O)(C[C@@H](O)C[C@@H](O)[C@H](O)CC[C@@H](O)C[C@@H](O)CC(=O)O[C@H]1C)C[C@H](O)[C@H]2C(=O)O. The number of aliphatic carboxylic acids is 1. The van der Waals surface area contributed by atoms with E-state index >= 15 is 0 Å². The highest BCUT2D eigenvalue weighted by Crippen LogP contribution is 2.38. The molecule has 19 atom stereocenters. The molecule has 0 saturated carbocycles. The van der Waals surface area contributed by atoms with Gasteiger partial charge in [-0.3, -0.25) is 9.59 Å². The summed E-state index contributed by atoms with van der Waals surface area (Å²) in [6, 6.07) is -1.15. The number of aliphatic hydroxyl groups is 10. The van der Waals surface area contributed by atoms with Crippen molar-refractivity contribution in [2.75, 3.05) is 0 Å². The van der Waals surface area contributed by atoms with Crippen molar-refractivity contribution in [3.63, 3.8) is 0 Å². The number of cyclic esters (lactones) is 1. The highest BCUT2D eigenvalue weighted by atomic mass is 16.7. The van der Waals surface area contributed by atoms with Crippen LogP contribution in [0.1, 0.15) is 79.1 Å². The molecule has 0 aromatic rings. The lowest BCUT2D eigenvalue weighted by Crippen LogP contribution is -2.61. The van der Waals surface area contributed by atoms with Crippen LogP contribution in [0.25, 0.3) is 0 Å². The zero-order valence-corrected chi connectivity index (χ0v) is 37.6. The van der Waals surface area contributed by atoms with E-state index in [4.69, 9.17) is 24.7 Å². The van der Waals surface area contributed by atoms with E-state index in [0.29, 0.717) is 0 Å². The summed E-state index contributed by atoms with van der Waals surface area (Å²) in [6.07, 6.45) is 3.46. The first-order valence-electron chi connectivity index (χ1n) is 22.3. The summed E-state index contributed by atoms with van der Waals surface area (Å²) in [5.41, 5.74) is 6.02. The van der Waals surface area contributed by atoms with Gasteiger partial charge in [0.25, 0.3) is 0 Å². The first-order chi connectivity index (χ1) is 30.6. The van der Waals surface area contributed by atoms with Crippen molar-refractivity contribution in [1.29, 1.82) is 0 Å². The standard InChI is InChI=1S/C47H73NO17/c1-27-17-15-13-11-9-7-5-6-8-10-12-14-16-18-34(64-46-44(58)41(48)43(57)30(4)63-46)24-38-40(45(59)60)37(54)26-47(61,65-38)25-33(51)22-36(53)35(52)20-19-31(49)21-32(50)23-39(55)62-29(3)28(2)42(27)56/h5-18,27-38,40-44,46,49-54,56-58,61H,19-26,48H2,1-4H3,(H,59,60)/b6-5+,9-7+,10-8+,13-11+,14-12+,17-15+,18-16+/t27-,28-,29-,30+,31+,32+,33-,34-,35+,36+,37-,38-,40+,41-,42+,43+,44+,46-,47?/m0/s1. The van der Waals surface area contributed by atoms with E-state index in [-0.39, 0.29) is 31.6 Å². The minimum Gasteiger partial charge on any atom is -0.481 e. The van der Waals surface area contributed by atoms with Gasteiger partial charge in [-0.2, -0.15) is 0 Å². The van der Waals surface area contributed by atoms with Gasteiger partial charge < -0.3 is 80.9 Å². The third-order valence-electron chi connectivity index (χ3n) is 12.0. The van der Waals surface area contributed by atoms with Gasteiger partial charge in [-0.25, -0.2) is 0 Å². The van der Waals surface area contributed by atoms with E-state index in [1.54, 1.807) is 80.7 Å². The molecule has 2 bridgehead atoms. The number of aliphatic hydroxyl groups excluding tert-OH is 9. The topological polar surface area (TPSA) is 320 Å². The molecule has 65 heavy (non-hydrogen) atoms. The zero-order chi connectivity index (χ0) is 48.4. The molecule has 368 valence electrons. The molecule has 0 aromatic carbocycles. The van der Waals surface area contributed by atoms with Gasteiger partial charge in [0.15, 0.2) is 12.1 Å². The molecule has 0 aromatic heterocycles. The Morgan fingerprint density at radius 3 is 1.82 bits per heavy atom. The zero-order valence-electron chi connectivity index (χ0n) is 37.6. The number of carbonyl (C=O) groups excluding carboxylic acids is 1. The van der Waals surface area contributed by atoms with Crippen LogP contribution < -0.4 is 5.73 Å². The van der Waals surface area contributed by atoms with Crippen LogP contribution in [0.15, 0.2) is 85.1 Å². The molecule has 13 N–H and O–H groups in total. The van der Waals surface area contributed by atoms with Crippen LogP contribution in [0.3, 0.4) is 0 Å². The summed E-state index contributed by atoms with van der Waals surface area (Å²) in [6.45, 7) is 6.74. The minimum atomic E-state index is -2.33. The summed E-state index contributed by atoms with van der Waals surface area (Å²) in [7, 11) is 0. The number of ether oxygens (including phenoxy) is 4. The van der Waals surface area contributed by atoms with E-state index in [2.05, 4.69) is 0 Å². The summed E-state index contributed by atoms with van der Waals surface area (Å²) in [5, 5.41) is 118. The van der Waals surface area contributed by atoms with E-state index < -0.39 is 147 Å². The number of allylic oxidation sites excluding steroid dienone is 12. The minimum absolute atomic E-state index is 0.107. The second kappa shape index (κ2) is 27.4. The fourth-order valence-electron chi connectivity index (χ4n) is 7.97. The molecule has 0 amide bonds. The average molecular weight is 924 g/mol. The van der Waals surface area contributed by atoms with Gasteiger partial charge in [-0.15, -0.1) is 0 Å². The van der Waals surface area contributed by atoms with Crippen LogP contribution in [0.5, 0.6) is 0 Å². The van der Waals surface area contributed by atoms with E-state index in [9.17, 15) is 65.8 Å². The Bertz CT molecular complexity index is 1670. The van der Waals surface area contributed by atoms with Crippen molar-refractivity contribution in [3.8, 4) is 0 Å². The van der Waals surface area contributed by atoms with Gasteiger partial charge in [0.2, 0.25) is 0 Å². The Balaban J connectivity index is 1.86. The maximum absolute atomic E-state index is 12.6. The molecule has 2 saturated heterocycles. The number of hydrogen-bond acceptors (Lipinski definition) is 17.